The lowest BCUT2D eigenvalue weighted by atomic mass is 10.1. The van der Waals surface area contributed by atoms with Crippen LogP contribution in [0.3, 0.4) is 0 Å². The molecule has 0 saturated heterocycles. The van der Waals surface area contributed by atoms with Crippen LogP contribution in [-0.4, -0.2) is 50.1 Å². The molecule has 0 bridgehead atoms. The summed E-state index contributed by atoms with van der Waals surface area (Å²) in [4.78, 5) is 33.8. The van der Waals surface area contributed by atoms with Gasteiger partial charge in [0.15, 0.2) is 0 Å². The number of nitrogen functional groups attached to an aromatic ring is 1. The Bertz CT molecular complexity index is 5680. The first-order chi connectivity index (χ1) is 50.8. The molecule has 15 nitrogen and oxygen atoms in total. The molecule has 0 aliphatic heterocycles. The van der Waals surface area contributed by atoms with Crippen LogP contribution in [-0.2, 0) is 6.18 Å². The Kier molecular flexibility index (Phi) is 21.5. The number of rotatable bonds is 12. The molecule has 16 rings (SSSR count). The molecule has 6 N–H and O–H groups in total. The molecule has 8 aromatic carbocycles. The van der Waals surface area contributed by atoms with Crippen molar-refractivity contribution in [2.75, 3.05) is 27.0 Å². The Morgan fingerprint density at radius 2 is 0.705 bits per heavy atom. The number of fused-ring (bicyclic) bond motifs is 4. The number of halogens is 11. The van der Waals surface area contributed by atoms with Gasteiger partial charge in [-0.3, -0.25) is 9.97 Å². The molecular weight excluding hydrogens is 1430 g/mol. The van der Waals surface area contributed by atoms with Gasteiger partial charge in [0.25, 0.3) is 0 Å². The zero-order valence-corrected chi connectivity index (χ0v) is 57.1. The van der Waals surface area contributed by atoms with E-state index in [0.29, 0.717) is 87.6 Å². The SMILES string of the molecule is Fc1ccc(Cl)cc1-c1cc(Nc2ccncc2C(F)(F)F)c2ccccc2n1.Fc1ccc(Cl)cc1-c1cc(Nc2ccncn2)c2ccccc2n1.Fc1ccc(Cl)cc1-c1cc(Nc2ccnnc2)c2ccccc2n1.Nc1cnccc1Nc1cc(-c2cc(Cl)ccc2F)nc2ccccc12. The third kappa shape index (κ3) is 17.0. The van der Waals surface area contributed by atoms with Crippen LogP contribution in [0.1, 0.15) is 5.56 Å². The molecule has 0 saturated carbocycles. The van der Waals surface area contributed by atoms with E-state index in [9.17, 15) is 30.7 Å². The summed E-state index contributed by atoms with van der Waals surface area (Å²) in [5, 5.41) is 25.3. The standard InChI is InChI=1S/C21H12ClF4N3.C20H14ClFN4.2C19H12ClFN4/c22-12-5-6-16(23)14(9-12)20-10-19(13-3-1-2-4-17(13)28-20)29-18-7-8-27-11-15(18)21(24,25)26;21-12-5-6-15(22)14(9-12)20-10-19(13-3-1-2-4-17(13)25-20)26-18-7-8-24-11-16(18)23;20-12-5-6-16(21)15(9-12)19-10-18(24-13-7-8-22-23-11-13)14-3-1-2-4-17(14)25-19;20-12-5-6-15(21)14(9-12)18-10-17(25-19-7-8-22-11-23-19)13-3-1-2-4-16(13)24-18/h1-11H,(H,27,28,29);1-11H,23H2,(H,24,25,26);1-11H,(H,22,24,25);1-11H,(H,22,23,24,25). The summed E-state index contributed by atoms with van der Waals surface area (Å²) in [6, 6.07) is 60.6. The topological polar surface area (TPSA) is 203 Å². The minimum atomic E-state index is -4.58. The molecular formula is C79H50Cl4F7N15. The van der Waals surface area contributed by atoms with E-state index < -0.39 is 17.6 Å². The predicted octanol–water partition coefficient (Wildman–Crippen LogP) is 22.7. The van der Waals surface area contributed by atoms with E-state index in [1.807, 2.05) is 78.9 Å². The van der Waals surface area contributed by atoms with Crippen molar-refractivity contribution in [3.05, 3.63) is 317 Å². The summed E-state index contributed by atoms with van der Waals surface area (Å²) in [5.41, 5.74) is 15.3. The summed E-state index contributed by atoms with van der Waals surface area (Å²) in [7, 11) is 0. The van der Waals surface area contributed by atoms with E-state index in [4.69, 9.17) is 52.1 Å². The van der Waals surface area contributed by atoms with Gasteiger partial charge < -0.3 is 27.0 Å². The molecule has 0 unspecified atom stereocenters. The van der Waals surface area contributed by atoms with Crippen molar-refractivity contribution in [3.63, 3.8) is 0 Å². The average molecular weight is 1480 g/mol. The lowest BCUT2D eigenvalue weighted by Crippen LogP contribution is -2.09. The van der Waals surface area contributed by atoms with Crippen molar-refractivity contribution in [2.45, 2.75) is 6.18 Å². The number of anilines is 9. The fraction of sp³-hybridized carbons (Fsp3) is 0.0127. The zero-order valence-electron chi connectivity index (χ0n) is 54.1. The fourth-order valence-electron chi connectivity index (χ4n) is 11.0. The van der Waals surface area contributed by atoms with Gasteiger partial charge >= 0.3 is 6.18 Å². The van der Waals surface area contributed by atoms with E-state index in [0.717, 1.165) is 61.7 Å². The smallest absolute Gasteiger partial charge is 0.396 e. The number of nitrogens with one attached hydrogen (secondary N) is 4. The van der Waals surface area contributed by atoms with E-state index in [1.54, 1.807) is 104 Å². The molecule has 0 amide bonds. The number of alkyl halides is 3. The van der Waals surface area contributed by atoms with Crippen molar-refractivity contribution in [3.8, 4) is 45.0 Å². The highest BCUT2D eigenvalue weighted by atomic mass is 35.5. The van der Waals surface area contributed by atoms with Gasteiger partial charge in [-0.25, -0.2) is 47.5 Å². The van der Waals surface area contributed by atoms with Gasteiger partial charge in [-0.05, 0) is 146 Å². The normalized spacial score (nSPS) is 11.0. The van der Waals surface area contributed by atoms with Gasteiger partial charge in [0.2, 0.25) is 0 Å². The molecule has 0 radical (unpaired) electrons. The molecule has 16 aromatic rings. The highest BCUT2D eigenvalue weighted by molar-refractivity contribution is 6.32. The third-order valence-electron chi connectivity index (χ3n) is 15.9. The van der Waals surface area contributed by atoms with E-state index >= 15 is 0 Å². The lowest BCUT2D eigenvalue weighted by Gasteiger charge is -2.16. The van der Waals surface area contributed by atoms with Crippen LogP contribution < -0.4 is 27.0 Å². The third-order valence-corrected chi connectivity index (χ3v) is 16.8. The van der Waals surface area contributed by atoms with Gasteiger partial charge in [-0.15, -0.1) is 0 Å². The molecule has 0 spiro atoms. The number of pyridine rings is 6. The van der Waals surface area contributed by atoms with Gasteiger partial charge in [0.05, 0.1) is 114 Å². The molecule has 0 aliphatic carbocycles. The van der Waals surface area contributed by atoms with Crippen molar-refractivity contribution in [1.29, 1.82) is 0 Å². The Balaban J connectivity index is 0.000000124. The van der Waals surface area contributed by atoms with Crippen LogP contribution in [0.2, 0.25) is 20.1 Å². The Morgan fingerprint density at radius 3 is 1.09 bits per heavy atom. The molecule has 26 heteroatoms. The van der Waals surface area contributed by atoms with Gasteiger partial charge in [-0.1, -0.05) is 119 Å². The number of nitrogens with two attached hydrogens (primary N) is 1. The average Bonchev–Trinajstić information content (AvgIpc) is 0.796. The maximum absolute atomic E-state index is 14.4. The molecule has 105 heavy (non-hydrogen) atoms. The highest BCUT2D eigenvalue weighted by Gasteiger charge is 2.34. The summed E-state index contributed by atoms with van der Waals surface area (Å²) in [5.74, 6) is -1.03. The summed E-state index contributed by atoms with van der Waals surface area (Å²) < 4.78 is 97.3. The molecule has 8 aromatic heterocycles. The monoisotopic (exact) mass is 1480 g/mol. The van der Waals surface area contributed by atoms with Gasteiger partial charge in [0.1, 0.15) is 35.4 Å². The largest absolute Gasteiger partial charge is 0.419 e. The maximum atomic E-state index is 14.4. The van der Waals surface area contributed by atoms with Crippen LogP contribution in [0.4, 0.5) is 82.0 Å². The fourth-order valence-corrected chi connectivity index (χ4v) is 11.7. The predicted molar refractivity (Wildman–Crippen MR) is 404 cm³/mol. The second kappa shape index (κ2) is 31.8. The van der Waals surface area contributed by atoms with Gasteiger partial charge in [-0.2, -0.15) is 23.4 Å². The Morgan fingerprint density at radius 1 is 0.333 bits per heavy atom. The summed E-state index contributed by atoms with van der Waals surface area (Å²) in [6.07, 6.45) is 6.99. The molecule has 0 fully saturated rings. The highest BCUT2D eigenvalue weighted by Crippen LogP contribution is 2.41. The van der Waals surface area contributed by atoms with Crippen molar-refractivity contribution in [2.24, 2.45) is 0 Å². The first-order valence-electron chi connectivity index (χ1n) is 31.6. The van der Waals surface area contributed by atoms with Crippen LogP contribution in [0, 0.1) is 23.3 Å². The lowest BCUT2D eigenvalue weighted by molar-refractivity contribution is -0.137. The Labute approximate surface area is 613 Å². The first-order valence-corrected chi connectivity index (χ1v) is 33.1. The molecule has 8 heterocycles. The van der Waals surface area contributed by atoms with Gasteiger partial charge in [0, 0.05) is 88.7 Å². The first kappa shape index (κ1) is 70.9. The Hall–Kier alpha value is -12.5. The number of hydrogen-bond donors (Lipinski definition) is 5. The zero-order chi connectivity index (χ0) is 73.1. The summed E-state index contributed by atoms with van der Waals surface area (Å²) in [6.45, 7) is 0. The van der Waals surface area contributed by atoms with Crippen LogP contribution >= 0.6 is 46.4 Å². The van der Waals surface area contributed by atoms with Crippen LogP contribution in [0.25, 0.3) is 88.6 Å². The number of nitrogens with zero attached hydrogens (tertiary/aromatic N) is 10. The van der Waals surface area contributed by atoms with Crippen LogP contribution in [0.5, 0.6) is 0 Å². The molecule has 0 atom stereocenters. The van der Waals surface area contributed by atoms with E-state index in [-0.39, 0.29) is 34.4 Å². The number of para-hydroxylation sites is 4. The number of benzene rings is 8. The van der Waals surface area contributed by atoms with Crippen molar-refractivity contribution < 1.29 is 30.7 Å². The van der Waals surface area contributed by atoms with E-state index in [2.05, 4.69) is 71.3 Å². The number of hydrogen-bond acceptors (Lipinski definition) is 15. The minimum Gasteiger partial charge on any atom is -0.396 e. The second-order valence-corrected chi connectivity index (χ2v) is 24.6. The second-order valence-electron chi connectivity index (χ2n) is 22.9. The number of aromatic nitrogens is 10. The quantitative estimate of drug-likeness (QED) is 0.0722. The molecule has 518 valence electrons. The minimum absolute atomic E-state index is 0.150. The molecule has 0 aliphatic rings. The van der Waals surface area contributed by atoms with Crippen molar-refractivity contribution in [1.82, 2.24) is 50.1 Å². The maximum Gasteiger partial charge on any atom is 0.419 e. The van der Waals surface area contributed by atoms with Crippen LogP contribution in [0.15, 0.2) is 268 Å². The summed E-state index contributed by atoms with van der Waals surface area (Å²) >= 11 is 24.1. The van der Waals surface area contributed by atoms with Crippen molar-refractivity contribution >= 4 is 141 Å². The van der Waals surface area contributed by atoms with E-state index in [1.165, 1.54) is 79.3 Å².